The first kappa shape index (κ1) is 11.6. The number of benzene rings is 1. The Morgan fingerprint density at radius 1 is 1.50 bits per heavy atom. The molecule has 0 N–H and O–H groups in total. The van der Waals surface area contributed by atoms with Crippen LogP contribution in [-0.2, 0) is 4.74 Å². The Balaban J connectivity index is 1.93. The molecule has 3 heteroatoms. The zero-order valence-corrected chi connectivity index (χ0v) is 9.66. The largest absolute Gasteiger partial charge is 0.383 e. The summed E-state index contributed by atoms with van der Waals surface area (Å²) < 4.78 is 18.1. The quantitative estimate of drug-likeness (QED) is 0.776. The molecular weight excluding hydrogens is 205 g/mol. The Morgan fingerprint density at radius 2 is 2.38 bits per heavy atom. The molecule has 0 aliphatic carbocycles. The second kappa shape index (κ2) is 5.41. The van der Waals surface area contributed by atoms with E-state index < -0.39 is 0 Å². The summed E-state index contributed by atoms with van der Waals surface area (Å²) in [5, 5.41) is 0. The lowest BCUT2D eigenvalue weighted by Crippen LogP contribution is -2.24. The van der Waals surface area contributed by atoms with Crippen molar-refractivity contribution >= 4 is 0 Å². The first-order valence-corrected chi connectivity index (χ1v) is 5.76. The number of nitrogens with zero attached hydrogens (tertiary/aromatic N) is 1. The normalized spacial score (nSPS) is 21.5. The van der Waals surface area contributed by atoms with Gasteiger partial charge in [-0.25, -0.2) is 4.39 Å². The highest BCUT2D eigenvalue weighted by atomic mass is 19.1. The molecule has 16 heavy (non-hydrogen) atoms. The topological polar surface area (TPSA) is 12.5 Å². The maximum atomic E-state index is 13.1. The Bertz CT molecular complexity index is 342. The van der Waals surface area contributed by atoms with Gasteiger partial charge in [0.2, 0.25) is 0 Å². The van der Waals surface area contributed by atoms with E-state index in [-0.39, 0.29) is 5.82 Å². The summed E-state index contributed by atoms with van der Waals surface area (Å²) in [6, 6.07) is 6.97. The average molecular weight is 223 g/mol. The molecule has 88 valence electrons. The van der Waals surface area contributed by atoms with Gasteiger partial charge in [-0.05, 0) is 36.6 Å². The minimum Gasteiger partial charge on any atom is -0.383 e. The number of rotatable bonds is 4. The van der Waals surface area contributed by atoms with Gasteiger partial charge in [0.15, 0.2) is 0 Å². The van der Waals surface area contributed by atoms with Crippen LogP contribution in [0.5, 0.6) is 0 Å². The van der Waals surface area contributed by atoms with Crippen LogP contribution in [0.3, 0.4) is 0 Å². The maximum absolute atomic E-state index is 13.1. The van der Waals surface area contributed by atoms with E-state index in [0.717, 1.165) is 38.2 Å². The molecule has 1 aliphatic heterocycles. The summed E-state index contributed by atoms with van der Waals surface area (Å²) in [5.41, 5.74) is 1.12. The zero-order chi connectivity index (χ0) is 11.4. The second-order valence-electron chi connectivity index (χ2n) is 4.33. The van der Waals surface area contributed by atoms with Crippen molar-refractivity contribution in [1.82, 2.24) is 4.90 Å². The predicted octanol–water partition coefficient (Wildman–Crippen LogP) is 2.26. The molecule has 2 nitrogen and oxygen atoms in total. The molecule has 0 bridgehead atoms. The van der Waals surface area contributed by atoms with Crippen LogP contribution in [0.25, 0.3) is 0 Å². The van der Waals surface area contributed by atoms with Crippen LogP contribution in [0, 0.1) is 5.82 Å². The van der Waals surface area contributed by atoms with Crippen molar-refractivity contribution in [3.05, 3.63) is 35.6 Å². The van der Waals surface area contributed by atoms with Gasteiger partial charge in [-0.1, -0.05) is 12.1 Å². The molecule has 0 saturated carbocycles. The average Bonchev–Trinajstić information content (AvgIpc) is 2.75. The smallest absolute Gasteiger partial charge is 0.123 e. The predicted molar refractivity (Wildman–Crippen MR) is 62.1 cm³/mol. The Labute approximate surface area is 96.0 Å². The molecule has 0 radical (unpaired) electrons. The minimum absolute atomic E-state index is 0.132. The van der Waals surface area contributed by atoms with Crippen LogP contribution >= 0.6 is 0 Å². The van der Waals surface area contributed by atoms with Gasteiger partial charge >= 0.3 is 0 Å². The third kappa shape index (κ3) is 2.80. The molecule has 0 amide bonds. The van der Waals surface area contributed by atoms with Gasteiger partial charge in [0.1, 0.15) is 5.82 Å². The number of hydrogen-bond acceptors (Lipinski definition) is 2. The highest BCUT2D eigenvalue weighted by Gasteiger charge is 2.23. The Hall–Kier alpha value is -0.930. The first-order valence-electron chi connectivity index (χ1n) is 5.76. The standard InChI is InChI=1S/C13H18FNO/c1-16-8-7-15-6-5-12(10-15)11-3-2-4-13(14)9-11/h2-4,9,12H,5-8,10H2,1H3. The molecule has 1 aromatic carbocycles. The maximum Gasteiger partial charge on any atom is 0.123 e. The lowest BCUT2D eigenvalue weighted by Gasteiger charge is -2.15. The molecule has 1 aromatic rings. The molecule has 0 aromatic heterocycles. The number of ether oxygens (including phenoxy) is 1. The summed E-state index contributed by atoms with van der Waals surface area (Å²) in [6.07, 6.45) is 1.12. The Morgan fingerprint density at radius 3 is 3.12 bits per heavy atom. The third-order valence-electron chi connectivity index (χ3n) is 3.20. The van der Waals surface area contributed by atoms with E-state index in [4.69, 9.17) is 4.74 Å². The molecule has 2 rings (SSSR count). The van der Waals surface area contributed by atoms with Gasteiger partial charge in [0, 0.05) is 20.2 Å². The number of halogens is 1. The van der Waals surface area contributed by atoms with Gasteiger partial charge in [-0.15, -0.1) is 0 Å². The lowest BCUT2D eigenvalue weighted by atomic mass is 9.98. The summed E-state index contributed by atoms with van der Waals surface area (Å²) in [7, 11) is 1.72. The first-order chi connectivity index (χ1) is 7.79. The SMILES string of the molecule is COCCN1CCC(c2cccc(F)c2)C1. The summed E-state index contributed by atoms with van der Waals surface area (Å²) in [5.74, 6) is 0.348. The summed E-state index contributed by atoms with van der Waals surface area (Å²) >= 11 is 0. The van der Waals surface area contributed by atoms with Crippen molar-refractivity contribution < 1.29 is 9.13 Å². The molecule has 1 atom stereocenters. The molecule has 1 fully saturated rings. The van der Waals surface area contributed by atoms with E-state index in [1.807, 2.05) is 6.07 Å². The van der Waals surface area contributed by atoms with Gasteiger partial charge in [0.05, 0.1) is 6.61 Å². The fraction of sp³-hybridized carbons (Fsp3) is 0.538. The molecule has 1 unspecified atom stereocenters. The van der Waals surface area contributed by atoms with Crippen molar-refractivity contribution in [3.8, 4) is 0 Å². The molecule has 0 spiro atoms. The van der Waals surface area contributed by atoms with E-state index in [2.05, 4.69) is 4.90 Å². The lowest BCUT2D eigenvalue weighted by molar-refractivity contribution is 0.160. The number of likely N-dealkylation sites (tertiary alicyclic amines) is 1. The van der Waals surface area contributed by atoms with E-state index >= 15 is 0 Å². The van der Waals surface area contributed by atoms with Crippen molar-refractivity contribution in [1.29, 1.82) is 0 Å². The third-order valence-corrected chi connectivity index (χ3v) is 3.20. The molecule has 1 saturated heterocycles. The van der Waals surface area contributed by atoms with Crippen molar-refractivity contribution in [2.24, 2.45) is 0 Å². The fourth-order valence-corrected chi connectivity index (χ4v) is 2.29. The van der Waals surface area contributed by atoms with E-state index in [1.165, 1.54) is 6.07 Å². The van der Waals surface area contributed by atoms with Crippen LogP contribution in [-0.4, -0.2) is 38.3 Å². The van der Waals surface area contributed by atoms with Gasteiger partial charge in [0.25, 0.3) is 0 Å². The van der Waals surface area contributed by atoms with Crippen LogP contribution in [0.15, 0.2) is 24.3 Å². The van der Waals surface area contributed by atoms with Crippen LogP contribution in [0.2, 0.25) is 0 Å². The number of hydrogen-bond donors (Lipinski definition) is 0. The summed E-state index contributed by atoms with van der Waals surface area (Å²) in [6.45, 7) is 3.86. The zero-order valence-electron chi connectivity index (χ0n) is 9.66. The highest BCUT2D eigenvalue weighted by molar-refractivity contribution is 5.22. The Kier molecular flexibility index (Phi) is 3.91. The molecule has 1 aliphatic rings. The summed E-state index contributed by atoms with van der Waals surface area (Å²) in [4.78, 5) is 2.37. The van der Waals surface area contributed by atoms with Gasteiger partial charge in [-0.2, -0.15) is 0 Å². The van der Waals surface area contributed by atoms with Crippen molar-refractivity contribution in [2.75, 3.05) is 33.4 Å². The van der Waals surface area contributed by atoms with Crippen LogP contribution in [0.1, 0.15) is 17.9 Å². The van der Waals surface area contributed by atoms with E-state index in [1.54, 1.807) is 19.2 Å². The minimum atomic E-state index is -0.132. The fourth-order valence-electron chi connectivity index (χ4n) is 2.29. The van der Waals surface area contributed by atoms with Gasteiger partial charge < -0.3 is 9.64 Å². The van der Waals surface area contributed by atoms with Gasteiger partial charge in [-0.3, -0.25) is 0 Å². The van der Waals surface area contributed by atoms with E-state index in [0.29, 0.717) is 5.92 Å². The van der Waals surface area contributed by atoms with Crippen LogP contribution < -0.4 is 0 Å². The number of methoxy groups -OCH3 is 1. The molecule has 1 heterocycles. The van der Waals surface area contributed by atoms with Crippen LogP contribution in [0.4, 0.5) is 4.39 Å². The molecular formula is C13H18FNO. The van der Waals surface area contributed by atoms with E-state index in [9.17, 15) is 4.39 Å². The van der Waals surface area contributed by atoms with Crippen molar-refractivity contribution in [3.63, 3.8) is 0 Å². The second-order valence-corrected chi connectivity index (χ2v) is 4.33. The monoisotopic (exact) mass is 223 g/mol. The van der Waals surface area contributed by atoms with Crippen molar-refractivity contribution in [2.45, 2.75) is 12.3 Å². The highest BCUT2D eigenvalue weighted by Crippen LogP contribution is 2.27.